The lowest BCUT2D eigenvalue weighted by molar-refractivity contribution is 0.530. The first kappa shape index (κ1) is 12.9. The van der Waals surface area contributed by atoms with Crippen molar-refractivity contribution in [1.29, 1.82) is 0 Å². The molecule has 0 saturated heterocycles. The van der Waals surface area contributed by atoms with Gasteiger partial charge in [-0.3, -0.25) is 4.98 Å². The Balaban J connectivity index is 1.82. The van der Waals surface area contributed by atoms with Crippen molar-refractivity contribution in [2.45, 2.75) is 43.9 Å². The van der Waals surface area contributed by atoms with Gasteiger partial charge in [-0.15, -0.1) is 0 Å². The molecule has 1 aliphatic rings. The zero-order chi connectivity index (χ0) is 12.1. The van der Waals surface area contributed by atoms with Crippen LogP contribution in [0.3, 0.4) is 0 Å². The molecule has 1 aliphatic carbocycles. The van der Waals surface area contributed by atoms with Gasteiger partial charge in [0.2, 0.25) is 0 Å². The van der Waals surface area contributed by atoms with Gasteiger partial charge >= 0.3 is 0 Å². The van der Waals surface area contributed by atoms with Crippen molar-refractivity contribution in [2.75, 3.05) is 12.8 Å². The van der Waals surface area contributed by atoms with Crippen LogP contribution in [0.25, 0.3) is 0 Å². The molecule has 1 heterocycles. The number of rotatable bonds is 5. The molecule has 0 aliphatic heterocycles. The van der Waals surface area contributed by atoms with E-state index < -0.39 is 0 Å². The van der Waals surface area contributed by atoms with Crippen LogP contribution in [-0.4, -0.2) is 22.5 Å². The van der Waals surface area contributed by atoms with E-state index in [4.69, 9.17) is 0 Å². The topological polar surface area (TPSA) is 24.9 Å². The maximum absolute atomic E-state index is 4.52. The van der Waals surface area contributed by atoms with Crippen LogP contribution in [0.4, 0.5) is 0 Å². The van der Waals surface area contributed by atoms with Crippen LogP contribution >= 0.6 is 11.8 Å². The van der Waals surface area contributed by atoms with Gasteiger partial charge in [0.05, 0.1) is 5.69 Å². The van der Waals surface area contributed by atoms with E-state index in [2.05, 4.69) is 28.7 Å². The summed E-state index contributed by atoms with van der Waals surface area (Å²) in [6.07, 6.45) is 7.76. The lowest BCUT2D eigenvalue weighted by Crippen LogP contribution is -2.34. The van der Waals surface area contributed by atoms with Crippen molar-refractivity contribution < 1.29 is 0 Å². The molecule has 0 spiro atoms. The van der Waals surface area contributed by atoms with Gasteiger partial charge in [-0.25, -0.2) is 0 Å². The first-order valence-electron chi connectivity index (χ1n) is 6.42. The van der Waals surface area contributed by atoms with Crippen molar-refractivity contribution in [3.63, 3.8) is 0 Å². The Hall–Kier alpha value is -0.540. The third-order valence-electron chi connectivity index (χ3n) is 3.65. The molecule has 1 aromatic heterocycles. The van der Waals surface area contributed by atoms with Gasteiger partial charge in [0.15, 0.2) is 0 Å². The Morgan fingerprint density at radius 1 is 1.35 bits per heavy atom. The molecule has 0 aromatic carbocycles. The van der Waals surface area contributed by atoms with Crippen LogP contribution in [0.1, 0.15) is 37.1 Å². The number of pyridine rings is 1. The molecule has 1 aromatic rings. The molecule has 94 valence electrons. The Bertz CT molecular complexity index is 359. The number of nitrogens with one attached hydrogen (secondary N) is 1. The SMILES string of the molecule is CSC1(CNCc2cccc(C)n2)CCCC1. The summed E-state index contributed by atoms with van der Waals surface area (Å²) in [6, 6.07) is 6.23. The highest BCUT2D eigenvalue weighted by Gasteiger charge is 2.32. The first-order valence-corrected chi connectivity index (χ1v) is 7.65. The second-order valence-electron chi connectivity index (χ2n) is 4.97. The number of aryl methyl sites for hydroxylation is 1. The van der Waals surface area contributed by atoms with Crippen LogP contribution in [0.2, 0.25) is 0 Å². The first-order chi connectivity index (χ1) is 8.24. The minimum atomic E-state index is 0.490. The molecular formula is C14H22N2S. The highest BCUT2D eigenvalue weighted by molar-refractivity contribution is 8.00. The minimum Gasteiger partial charge on any atom is -0.310 e. The zero-order valence-corrected chi connectivity index (χ0v) is 11.6. The molecule has 0 amide bonds. The summed E-state index contributed by atoms with van der Waals surface area (Å²) in [5.41, 5.74) is 2.25. The molecule has 0 radical (unpaired) electrons. The smallest absolute Gasteiger partial charge is 0.0544 e. The van der Waals surface area contributed by atoms with Gasteiger partial charge in [-0.05, 0) is 38.2 Å². The summed E-state index contributed by atoms with van der Waals surface area (Å²) in [4.78, 5) is 4.52. The average Bonchev–Trinajstić information content (AvgIpc) is 2.79. The van der Waals surface area contributed by atoms with E-state index in [9.17, 15) is 0 Å². The molecule has 0 unspecified atom stereocenters. The molecule has 1 fully saturated rings. The highest BCUT2D eigenvalue weighted by atomic mass is 32.2. The van der Waals surface area contributed by atoms with E-state index in [-0.39, 0.29) is 0 Å². The summed E-state index contributed by atoms with van der Waals surface area (Å²) in [5.74, 6) is 0. The van der Waals surface area contributed by atoms with Crippen LogP contribution in [-0.2, 0) is 6.54 Å². The van der Waals surface area contributed by atoms with E-state index in [1.54, 1.807) is 0 Å². The second kappa shape index (κ2) is 5.87. The van der Waals surface area contributed by atoms with Gasteiger partial charge in [-0.1, -0.05) is 18.9 Å². The quantitative estimate of drug-likeness (QED) is 0.869. The predicted octanol–water partition coefficient (Wildman–Crippen LogP) is 3.16. The Kier molecular flexibility index (Phi) is 4.46. The van der Waals surface area contributed by atoms with Gasteiger partial charge in [-0.2, -0.15) is 11.8 Å². The molecule has 0 bridgehead atoms. The van der Waals surface area contributed by atoms with Crippen molar-refractivity contribution >= 4 is 11.8 Å². The molecule has 2 rings (SSSR count). The molecule has 17 heavy (non-hydrogen) atoms. The van der Waals surface area contributed by atoms with Crippen LogP contribution in [0.5, 0.6) is 0 Å². The van der Waals surface area contributed by atoms with Crippen molar-refractivity contribution in [3.05, 3.63) is 29.6 Å². The third kappa shape index (κ3) is 3.46. The van der Waals surface area contributed by atoms with Crippen molar-refractivity contribution in [1.82, 2.24) is 10.3 Å². The number of hydrogen-bond acceptors (Lipinski definition) is 3. The summed E-state index contributed by atoms with van der Waals surface area (Å²) >= 11 is 2.04. The molecule has 3 heteroatoms. The van der Waals surface area contributed by atoms with E-state index >= 15 is 0 Å². The van der Waals surface area contributed by atoms with E-state index in [1.807, 2.05) is 24.8 Å². The fourth-order valence-electron chi connectivity index (χ4n) is 2.59. The maximum atomic E-state index is 4.52. The molecule has 1 saturated carbocycles. The molecule has 0 atom stereocenters. The van der Waals surface area contributed by atoms with Gasteiger partial charge < -0.3 is 5.32 Å². The average molecular weight is 250 g/mol. The van der Waals surface area contributed by atoms with Gasteiger partial charge in [0.1, 0.15) is 0 Å². The Labute approximate surface area is 109 Å². The Morgan fingerprint density at radius 3 is 2.76 bits per heavy atom. The maximum Gasteiger partial charge on any atom is 0.0544 e. The summed E-state index contributed by atoms with van der Waals surface area (Å²) in [7, 11) is 0. The highest BCUT2D eigenvalue weighted by Crippen LogP contribution is 2.39. The largest absolute Gasteiger partial charge is 0.310 e. The lowest BCUT2D eigenvalue weighted by Gasteiger charge is -2.27. The number of nitrogens with zero attached hydrogens (tertiary/aromatic N) is 1. The van der Waals surface area contributed by atoms with Gasteiger partial charge in [0.25, 0.3) is 0 Å². The summed E-state index contributed by atoms with van der Waals surface area (Å²) in [5, 5.41) is 3.58. The van der Waals surface area contributed by atoms with E-state index in [0.717, 1.165) is 24.5 Å². The van der Waals surface area contributed by atoms with Crippen LogP contribution in [0, 0.1) is 6.92 Å². The fourth-order valence-corrected chi connectivity index (χ4v) is 3.53. The predicted molar refractivity (Wildman–Crippen MR) is 75.4 cm³/mol. The normalized spacial score (nSPS) is 18.5. The van der Waals surface area contributed by atoms with Crippen LogP contribution < -0.4 is 5.32 Å². The fraction of sp³-hybridized carbons (Fsp3) is 0.643. The Morgan fingerprint density at radius 2 is 2.12 bits per heavy atom. The van der Waals surface area contributed by atoms with Crippen molar-refractivity contribution in [3.8, 4) is 0 Å². The second-order valence-corrected chi connectivity index (χ2v) is 6.24. The standard InChI is InChI=1S/C14H22N2S/c1-12-6-5-7-13(16-12)10-15-11-14(17-2)8-3-4-9-14/h5-7,15H,3-4,8-11H2,1-2H3. The number of hydrogen-bond donors (Lipinski definition) is 1. The van der Waals surface area contributed by atoms with Crippen LogP contribution in [0.15, 0.2) is 18.2 Å². The van der Waals surface area contributed by atoms with Gasteiger partial charge in [0, 0.05) is 23.5 Å². The van der Waals surface area contributed by atoms with E-state index in [0.29, 0.717) is 4.75 Å². The van der Waals surface area contributed by atoms with Crippen molar-refractivity contribution in [2.24, 2.45) is 0 Å². The summed E-state index contributed by atoms with van der Waals surface area (Å²) < 4.78 is 0.490. The molecule has 1 N–H and O–H groups in total. The van der Waals surface area contributed by atoms with E-state index in [1.165, 1.54) is 25.7 Å². The zero-order valence-electron chi connectivity index (χ0n) is 10.8. The number of aromatic nitrogens is 1. The molecular weight excluding hydrogens is 228 g/mol. The third-order valence-corrected chi connectivity index (χ3v) is 5.07. The summed E-state index contributed by atoms with van der Waals surface area (Å²) in [6.45, 7) is 4.05. The molecule has 2 nitrogen and oxygen atoms in total. The lowest BCUT2D eigenvalue weighted by atomic mass is 10.1. The number of thioether (sulfide) groups is 1. The monoisotopic (exact) mass is 250 g/mol. The minimum absolute atomic E-state index is 0.490.